The van der Waals surface area contributed by atoms with Gasteiger partial charge in [0.15, 0.2) is 0 Å². The van der Waals surface area contributed by atoms with Crippen LogP contribution in [0.5, 0.6) is 0 Å². The highest BCUT2D eigenvalue weighted by atomic mass is 19.3. The molecule has 0 bridgehead atoms. The number of benzene rings is 1. The SMILES string of the molecule is FC(F)Cn1ccc(CNC(Cn2ccnc2)c2ccccc2)n1. The van der Waals surface area contributed by atoms with E-state index in [4.69, 9.17) is 0 Å². The van der Waals surface area contributed by atoms with Gasteiger partial charge >= 0.3 is 0 Å². The summed E-state index contributed by atoms with van der Waals surface area (Å²) in [6, 6.07) is 11.9. The van der Waals surface area contributed by atoms with Gasteiger partial charge in [-0.1, -0.05) is 30.3 Å². The van der Waals surface area contributed by atoms with Gasteiger partial charge in [-0.15, -0.1) is 0 Å². The minimum atomic E-state index is -2.40. The number of rotatable bonds is 8. The van der Waals surface area contributed by atoms with Crippen LogP contribution in [-0.2, 0) is 19.6 Å². The predicted molar refractivity (Wildman–Crippen MR) is 86.5 cm³/mol. The topological polar surface area (TPSA) is 47.7 Å². The van der Waals surface area contributed by atoms with Gasteiger partial charge in [0.2, 0.25) is 0 Å². The Morgan fingerprint density at radius 2 is 1.88 bits per heavy atom. The highest BCUT2D eigenvalue weighted by Gasteiger charge is 2.13. The smallest absolute Gasteiger partial charge is 0.257 e. The first-order valence-electron chi connectivity index (χ1n) is 7.75. The third-order valence-electron chi connectivity index (χ3n) is 3.71. The van der Waals surface area contributed by atoms with Crippen molar-refractivity contribution in [2.75, 3.05) is 0 Å². The van der Waals surface area contributed by atoms with E-state index in [1.165, 1.54) is 4.68 Å². The number of halogens is 2. The summed E-state index contributed by atoms with van der Waals surface area (Å²) >= 11 is 0. The quantitative estimate of drug-likeness (QED) is 0.690. The molecule has 3 rings (SSSR count). The standard InChI is InChI=1S/C17H19F2N5/c18-17(19)12-24-8-6-15(22-24)10-21-16(11-23-9-7-20-13-23)14-4-2-1-3-5-14/h1-9,13,16-17,21H,10-12H2. The molecule has 0 aliphatic heterocycles. The molecule has 0 saturated carbocycles. The van der Waals surface area contributed by atoms with Gasteiger partial charge in [-0.3, -0.25) is 4.68 Å². The summed E-state index contributed by atoms with van der Waals surface area (Å²) in [4.78, 5) is 4.07. The highest BCUT2D eigenvalue weighted by Crippen LogP contribution is 2.15. The number of hydrogen-bond donors (Lipinski definition) is 1. The van der Waals surface area contributed by atoms with Crippen LogP contribution in [0.15, 0.2) is 61.3 Å². The molecule has 1 atom stereocenters. The number of nitrogens with zero attached hydrogens (tertiary/aromatic N) is 4. The zero-order valence-electron chi connectivity index (χ0n) is 13.1. The second-order valence-electron chi connectivity index (χ2n) is 5.52. The molecule has 3 aromatic rings. The maximum atomic E-state index is 12.4. The molecule has 0 spiro atoms. The second-order valence-corrected chi connectivity index (χ2v) is 5.52. The van der Waals surface area contributed by atoms with Crippen molar-refractivity contribution in [2.24, 2.45) is 0 Å². The summed E-state index contributed by atoms with van der Waals surface area (Å²) < 4.78 is 28.1. The van der Waals surface area contributed by atoms with Gasteiger partial charge in [-0.2, -0.15) is 5.10 Å². The van der Waals surface area contributed by atoms with Crippen LogP contribution in [0.25, 0.3) is 0 Å². The number of hydrogen-bond acceptors (Lipinski definition) is 3. The van der Waals surface area contributed by atoms with Gasteiger partial charge in [-0.05, 0) is 11.6 Å². The van der Waals surface area contributed by atoms with Crippen molar-refractivity contribution in [3.63, 3.8) is 0 Å². The number of aromatic nitrogens is 4. The van der Waals surface area contributed by atoms with E-state index in [2.05, 4.69) is 27.5 Å². The summed E-state index contributed by atoms with van der Waals surface area (Å²) in [5, 5.41) is 7.61. The largest absolute Gasteiger partial charge is 0.336 e. The maximum absolute atomic E-state index is 12.4. The molecule has 0 aliphatic carbocycles. The molecule has 2 heterocycles. The average Bonchev–Trinajstić information content (AvgIpc) is 3.23. The summed E-state index contributed by atoms with van der Waals surface area (Å²) in [6.07, 6.45) is 4.61. The highest BCUT2D eigenvalue weighted by molar-refractivity contribution is 5.19. The van der Waals surface area contributed by atoms with E-state index in [1.54, 1.807) is 24.8 Å². The van der Waals surface area contributed by atoms with Crippen molar-refractivity contribution in [1.29, 1.82) is 0 Å². The third kappa shape index (κ3) is 4.48. The molecule has 0 fully saturated rings. The zero-order chi connectivity index (χ0) is 16.8. The van der Waals surface area contributed by atoms with Crippen molar-refractivity contribution < 1.29 is 8.78 Å². The van der Waals surface area contributed by atoms with E-state index in [0.29, 0.717) is 6.54 Å². The van der Waals surface area contributed by atoms with E-state index in [9.17, 15) is 8.78 Å². The molecule has 1 N–H and O–H groups in total. The Labute approximate surface area is 138 Å². The lowest BCUT2D eigenvalue weighted by Gasteiger charge is -2.19. The molecule has 0 aliphatic rings. The lowest BCUT2D eigenvalue weighted by atomic mass is 10.1. The van der Waals surface area contributed by atoms with Crippen LogP contribution in [0.4, 0.5) is 8.78 Å². The molecule has 0 saturated heterocycles. The van der Waals surface area contributed by atoms with Gasteiger partial charge < -0.3 is 9.88 Å². The fourth-order valence-corrected chi connectivity index (χ4v) is 2.55. The maximum Gasteiger partial charge on any atom is 0.257 e. The molecule has 2 aromatic heterocycles. The Hall–Kier alpha value is -2.54. The molecule has 7 heteroatoms. The van der Waals surface area contributed by atoms with E-state index < -0.39 is 6.43 Å². The van der Waals surface area contributed by atoms with E-state index in [1.807, 2.05) is 29.0 Å². The van der Waals surface area contributed by atoms with Crippen molar-refractivity contribution in [3.8, 4) is 0 Å². The Bertz CT molecular complexity index is 725. The Balaban J connectivity index is 1.66. The lowest BCUT2D eigenvalue weighted by molar-refractivity contribution is 0.121. The Kier molecular flexibility index (Phi) is 5.32. The number of alkyl halides is 2. The van der Waals surface area contributed by atoms with Crippen molar-refractivity contribution in [1.82, 2.24) is 24.6 Å². The van der Waals surface area contributed by atoms with Crippen LogP contribution < -0.4 is 5.32 Å². The summed E-state index contributed by atoms with van der Waals surface area (Å²) in [5.41, 5.74) is 1.89. The van der Waals surface area contributed by atoms with Gasteiger partial charge in [0.25, 0.3) is 6.43 Å². The molecule has 1 aromatic carbocycles. The summed E-state index contributed by atoms with van der Waals surface area (Å²) in [7, 11) is 0. The molecular formula is C17H19F2N5. The number of nitrogens with one attached hydrogen (secondary N) is 1. The Morgan fingerprint density at radius 3 is 2.58 bits per heavy atom. The fourth-order valence-electron chi connectivity index (χ4n) is 2.55. The van der Waals surface area contributed by atoms with Gasteiger partial charge in [-0.25, -0.2) is 13.8 Å². The molecule has 5 nitrogen and oxygen atoms in total. The molecule has 126 valence electrons. The van der Waals surface area contributed by atoms with E-state index in [0.717, 1.165) is 17.8 Å². The first kappa shape index (κ1) is 16.3. The summed E-state index contributed by atoms with van der Waals surface area (Å²) in [6.45, 7) is 0.851. The first-order valence-corrected chi connectivity index (χ1v) is 7.75. The fraction of sp³-hybridized carbons (Fsp3) is 0.294. The average molecular weight is 331 g/mol. The Morgan fingerprint density at radius 1 is 1.04 bits per heavy atom. The monoisotopic (exact) mass is 331 g/mol. The normalized spacial score (nSPS) is 12.6. The summed E-state index contributed by atoms with van der Waals surface area (Å²) in [5.74, 6) is 0. The third-order valence-corrected chi connectivity index (χ3v) is 3.71. The van der Waals surface area contributed by atoms with Crippen molar-refractivity contribution >= 4 is 0 Å². The predicted octanol–water partition coefficient (Wildman–Crippen LogP) is 2.88. The van der Waals surface area contributed by atoms with Crippen molar-refractivity contribution in [3.05, 3.63) is 72.6 Å². The van der Waals surface area contributed by atoms with Gasteiger partial charge in [0.1, 0.15) is 6.54 Å². The van der Waals surface area contributed by atoms with Crippen LogP contribution in [0.3, 0.4) is 0 Å². The van der Waals surface area contributed by atoms with Gasteiger partial charge in [0, 0.05) is 31.7 Å². The van der Waals surface area contributed by atoms with Crippen molar-refractivity contribution in [2.45, 2.75) is 32.1 Å². The zero-order valence-corrected chi connectivity index (χ0v) is 13.1. The second kappa shape index (κ2) is 7.83. The minimum absolute atomic E-state index is 0.0700. The molecule has 0 amide bonds. The van der Waals surface area contributed by atoms with E-state index >= 15 is 0 Å². The van der Waals surface area contributed by atoms with Crippen LogP contribution in [0.1, 0.15) is 17.3 Å². The minimum Gasteiger partial charge on any atom is -0.336 e. The molecular weight excluding hydrogens is 312 g/mol. The van der Waals surface area contributed by atoms with Gasteiger partial charge in [0.05, 0.1) is 18.1 Å². The van der Waals surface area contributed by atoms with E-state index in [-0.39, 0.29) is 12.6 Å². The first-order chi connectivity index (χ1) is 11.7. The lowest BCUT2D eigenvalue weighted by Crippen LogP contribution is -2.25. The van der Waals surface area contributed by atoms with Crippen LogP contribution in [0.2, 0.25) is 0 Å². The van der Waals surface area contributed by atoms with Crippen LogP contribution in [-0.4, -0.2) is 25.8 Å². The molecule has 0 radical (unpaired) electrons. The molecule has 24 heavy (non-hydrogen) atoms. The van der Waals surface area contributed by atoms with Crippen LogP contribution >= 0.6 is 0 Å². The number of imidazole rings is 1. The van der Waals surface area contributed by atoms with Crippen LogP contribution in [0, 0.1) is 0 Å². The molecule has 1 unspecified atom stereocenters.